The van der Waals surface area contributed by atoms with Gasteiger partial charge in [0.05, 0.1) is 0 Å². The zero-order valence-electron chi connectivity index (χ0n) is 11.6. The highest BCUT2D eigenvalue weighted by Crippen LogP contribution is 2.28. The summed E-state index contributed by atoms with van der Waals surface area (Å²) in [5, 5.41) is 0. The molecule has 1 atom stereocenters. The molecule has 1 heterocycles. The van der Waals surface area contributed by atoms with Gasteiger partial charge in [-0.2, -0.15) is 0 Å². The van der Waals surface area contributed by atoms with Crippen molar-refractivity contribution in [2.75, 3.05) is 5.88 Å². The molecule has 4 nitrogen and oxygen atoms in total. The molecule has 22 heavy (non-hydrogen) atoms. The Morgan fingerprint density at radius 1 is 1.27 bits per heavy atom. The number of allylic oxidation sites excluding steroid dienone is 2. The lowest BCUT2D eigenvalue weighted by molar-refractivity contribution is -0.147. The molecule has 2 aliphatic rings. The van der Waals surface area contributed by atoms with E-state index in [-0.39, 0.29) is 11.7 Å². The number of halogens is 1. The molecule has 0 N–H and O–H groups in total. The van der Waals surface area contributed by atoms with E-state index in [1.54, 1.807) is 24.3 Å². The first kappa shape index (κ1) is 14.6. The van der Waals surface area contributed by atoms with Crippen LogP contribution in [0.25, 0.3) is 0 Å². The second-order valence-electron chi connectivity index (χ2n) is 4.95. The lowest BCUT2D eigenvalue weighted by Crippen LogP contribution is -2.31. The molecular formula is C17H13ClO4. The Morgan fingerprint density at radius 3 is 2.77 bits per heavy atom. The number of ether oxygens (including phenoxy) is 2. The highest BCUT2D eigenvalue weighted by Gasteiger charge is 2.32. The SMILES string of the molecule is O=C(Oc1ccccc1)C1=CC2=CC(CCl)=CCC2OC1=O. The number of esters is 2. The standard InChI is InChI=1S/C17H13ClO4/c18-10-11-6-7-15-12(8-11)9-14(17(20)22-15)16(19)21-13-4-2-1-3-5-13/h1-6,8-9,15H,7,10H2. The molecule has 0 fully saturated rings. The van der Waals surface area contributed by atoms with Crippen LogP contribution in [0.3, 0.4) is 0 Å². The number of carbonyl (C=O) groups excluding carboxylic acids is 2. The van der Waals surface area contributed by atoms with Gasteiger partial charge in [0.15, 0.2) is 0 Å². The number of carbonyl (C=O) groups is 2. The summed E-state index contributed by atoms with van der Waals surface area (Å²) in [4.78, 5) is 24.1. The van der Waals surface area contributed by atoms with E-state index in [4.69, 9.17) is 21.1 Å². The minimum atomic E-state index is -0.725. The Labute approximate surface area is 132 Å². The van der Waals surface area contributed by atoms with Crippen molar-refractivity contribution >= 4 is 23.5 Å². The lowest BCUT2D eigenvalue weighted by atomic mass is 9.93. The lowest BCUT2D eigenvalue weighted by Gasteiger charge is -2.26. The van der Waals surface area contributed by atoms with Gasteiger partial charge in [-0.25, -0.2) is 9.59 Å². The van der Waals surface area contributed by atoms with Crippen molar-refractivity contribution < 1.29 is 19.1 Å². The zero-order valence-corrected chi connectivity index (χ0v) is 12.4. The predicted octanol–water partition coefficient (Wildman–Crippen LogP) is 2.94. The van der Waals surface area contributed by atoms with Crippen LogP contribution in [-0.2, 0) is 14.3 Å². The quantitative estimate of drug-likeness (QED) is 0.372. The summed E-state index contributed by atoms with van der Waals surface area (Å²) < 4.78 is 10.5. The van der Waals surface area contributed by atoms with Crippen LogP contribution in [0.2, 0.25) is 0 Å². The Hall–Kier alpha value is -2.33. The number of benzene rings is 1. The number of fused-ring (bicyclic) bond motifs is 1. The van der Waals surface area contributed by atoms with Crippen LogP contribution in [0.5, 0.6) is 5.75 Å². The van der Waals surface area contributed by atoms with Crippen LogP contribution in [0.1, 0.15) is 6.42 Å². The molecule has 0 saturated carbocycles. The Bertz CT molecular complexity index is 701. The highest BCUT2D eigenvalue weighted by atomic mass is 35.5. The highest BCUT2D eigenvalue weighted by molar-refractivity contribution is 6.19. The number of para-hydroxylation sites is 1. The predicted molar refractivity (Wildman–Crippen MR) is 81.5 cm³/mol. The topological polar surface area (TPSA) is 52.6 Å². The third kappa shape index (κ3) is 2.97. The van der Waals surface area contributed by atoms with Crippen LogP contribution < -0.4 is 4.74 Å². The van der Waals surface area contributed by atoms with Crippen molar-refractivity contribution in [2.45, 2.75) is 12.5 Å². The van der Waals surface area contributed by atoms with Gasteiger partial charge in [-0.3, -0.25) is 0 Å². The van der Waals surface area contributed by atoms with Gasteiger partial charge in [0, 0.05) is 12.3 Å². The second-order valence-corrected chi connectivity index (χ2v) is 5.21. The molecule has 0 radical (unpaired) electrons. The van der Waals surface area contributed by atoms with Gasteiger partial charge in [0.1, 0.15) is 17.4 Å². The summed E-state index contributed by atoms with van der Waals surface area (Å²) in [6, 6.07) is 8.58. The molecular weight excluding hydrogens is 304 g/mol. The molecule has 1 aliphatic heterocycles. The smallest absolute Gasteiger partial charge is 0.350 e. The van der Waals surface area contributed by atoms with Gasteiger partial charge >= 0.3 is 11.9 Å². The molecule has 0 spiro atoms. The molecule has 0 saturated heterocycles. The van der Waals surface area contributed by atoms with Crippen molar-refractivity contribution in [3.63, 3.8) is 0 Å². The van der Waals surface area contributed by atoms with E-state index >= 15 is 0 Å². The van der Waals surface area contributed by atoms with E-state index in [0.717, 1.165) is 11.1 Å². The molecule has 1 aliphatic carbocycles. The number of hydrogen-bond acceptors (Lipinski definition) is 4. The van der Waals surface area contributed by atoms with Crippen LogP contribution in [-0.4, -0.2) is 23.9 Å². The molecule has 3 rings (SSSR count). The third-order valence-corrected chi connectivity index (χ3v) is 3.73. The molecule has 1 aromatic rings. The molecule has 112 valence electrons. The Morgan fingerprint density at radius 2 is 2.05 bits per heavy atom. The number of hydrogen-bond donors (Lipinski definition) is 0. The van der Waals surface area contributed by atoms with Crippen molar-refractivity contribution in [3.8, 4) is 5.75 Å². The monoisotopic (exact) mass is 316 g/mol. The maximum atomic E-state index is 12.1. The van der Waals surface area contributed by atoms with Crippen LogP contribution >= 0.6 is 11.6 Å². The minimum Gasteiger partial charge on any atom is -0.453 e. The fraction of sp³-hybridized carbons (Fsp3) is 0.176. The minimum absolute atomic E-state index is 0.109. The number of rotatable bonds is 3. The van der Waals surface area contributed by atoms with E-state index in [9.17, 15) is 9.59 Å². The fourth-order valence-corrected chi connectivity index (χ4v) is 2.50. The molecule has 1 unspecified atom stereocenters. The molecule has 1 aromatic carbocycles. The summed E-state index contributed by atoms with van der Waals surface area (Å²) in [6.45, 7) is 0. The van der Waals surface area contributed by atoms with E-state index < -0.39 is 11.9 Å². The first-order valence-electron chi connectivity index (χ1n) is 6.84. The van der Waals surface area contributed by atoms with Gasteiger partial charge in [0.25, 0.3) is 0 Å². The normalized spacial score (nSPS) is 20.1. The summed E-state index contributed by atoms with van der Waals surface area (Å²) in [5.74, 6) is -0.632. The summed E-state index contributed by atoms with van der Waals surface area (Å²) in [6.07, 6.45) is 5.50. The molecule has 0 amide bonds. The first-order valence-corrected chi connectivity index (χ1v) is 7.37. The number of alkyl halides is 1. The maximum absolute atomic E-state index is 12.1. The zero-order chi connectivity index (χ0) is 15.5. The van der Waals surface area contributed by atoms with E-state index in [2.05, 4.69) is 0 Å². The largest absolute Gasteiger partial charge is 0.453 e. The van der Waals surface area contributed by atoms with E-state index in [0.29, 0.717) is 18.1 Å². The molecule has 5 heteroatoms. The van der Waals surface area contributed by atoms with Crippen molar-refractivity contribution in [3.05, 3.63) is 65.3 Å². The van der Waals surface area contributed by atoms with Gasteiger partial charge in [-0.15, -0.1) is 11.6 Å². The van der Waals surface area contributed by atoms with Crippen molar-refractivity contribution in [2.24, 2.45) is 0 Å². The summed E-state index contributed by atoms with van der Waals surface area (Å²) in [5.41, 5.74) is 1.60. The Kier molecular flexibility index (Phi) is 4.11. The second kappa shape index (κ2) is 6.20. The summed E-state index contributed by atoms with van der Waals surface area (Å²) >= 11 is 5.81. The maximum Gasteiger partial charge on any atom is 0.350 e. The van der Waals surface area contributed by atoms with Gasteiger partial charge in [-0.05, 0) is 29.4 Å². The molecule has 0 bridgehead atoms. The Balaban J connectivity index is 1.84. The van der Waals surface area contributed by atoms with Crippen molar-refractivity contribution in [1.29, 1.82) is 0 Å². The average Bonchev–Trinajstić information content (AvgIpc) is 2.54. The van der Waals surface area contributed by atoms with Gasteiger partial charge < -0.3 is 9.47 Å². The van der Waals surface area contributed by atoms with E-state index in [1.807, 2.05) is 18.2 Å². The van der Waals surface area contributed by atoms with Gasteiger partial charge in [-0.1, -0.05) is 30.4 Å². The van der Waals surface area contributed by atoms with Crippen LogP contribution in [0, 0.1) is 0 Å². The van der Waals surface area contributed by atoms with Crippen LogP contribution in [0.15, 0.2) is 65.3 Å². The average molecular weight is 317 g/mol. The van der Waals surface area contributed by atoms with Gasteiger partial charge in [0.2, 0.25) is 0 Å². The van der Waals surface area contributed by atoms with Crippen LogP contribution in [0.4, 0.5) is 0 Å². The van der Waals surface area contributed by atoms with E-state index in [1.165, 1.54) is 6.08 Å². The third-order valence-electron chi connectivity index (χ3n) is 3.43. The summed E-state index contributed by atoms with van der Waals surface area (Å²) in [7, 11) is 0. The fourth-order valence-electron chi connectivity index (χ4n) is 2.32. The van der Waals surface area contributed by atoms with Crippen molar-refractivity contribution in [1.82, 2.24) is 0 Å². The molecule has 0 aromatic heterocycles. The first-order chi connectivity index (χ1) is 10.7.